The van der Waals surface area contributed by atoms with Crippen molar-refractivity contribution in [1.29, 1.82) is 0 Å². The van der Waals surface area contributed by atoms with Crippen LogP contribution in [-0.4, -0.2) is 33.8 Å². The van der Waals surface area contributed by atoms with E-state index in [0.29, 0.717) is 0 Å². The van der Waals surface area contributed by atoms with Crippen molar-refractivity contribution in [2.75, 3.05) is 18.4 Å². The predicted octanol–water partition coefficient (Wildman–Crippen LogP) is 1.42. The fraction of sp³-hybridized carbons (Fsp3) is 0.400. The maximum absolute atomic E-state index is 12.4. The van der Waals surface area contributed by atoms with Gasteiger partial charge in [0.05, 0.1) is 5.69 Å². The molecule has 3 rings (SSSR count). The highest BCUT2D eigenvalue weighted by Crippen LogP contribution is 2.26. The van der Waals surface area contributed by atoms with Crippen LogP contribution in [0.4, 0.5) is 5.69 Å². The highest BCUT2D eigenvalue weighted by molar-refractivity contribution is 5.96. The molecule has 1 aromatic heterocycles. The number of nitrogens with one attached hydrogen (secondary N) is 2. The van der Waals surface area contributed by atoms with Crippen LogP contribution in [0.1, 0.15) is 12.8 Å². The Morgan fingerprint density at radius 2 is 2.10 bits per heavy atom. The lowest BCUT2D eigenvalue weighted by Gasteiger charge is -2.22. The monoisotopic (exact) mass is 285 g/mol. The van der Waals surface area contributed by atoms with Crippen molar-refractivity contribution in [1.82, 2.24) is 20.1 Å². The van der Waals surface area contributed by atoms with Crippen molar-refractivity contribution in [3.63, 3.8) is 0 Å². The number of carbonyl (C=O) groups excluding carboxylic acids is 1. The van der Waals surface area contributed by atoms with Crippen LogP contribution < -0.4 is 10.6 Å². The lowest BCUT2D eigenvalue weighted by atomic mass is 9.97. The summed E-state index contributed by atoms with van der Waals surface area (Å²) in [6.45, 7) is 1.81. The maximum Gasteiger partial charge on any atom is 0.227 e. The van der Waals surface area contributed by atoms with Gasteiger partial charge in [0.15, 0.2) is 5.82 Å². The number of hydrogen-bond acceptors (Lipinski definition) is 4. The minimum Gasteiger partial charge on any atom is -0.325 e. The van der Waals surface area contributed by atoms with Crippen molar-refractivity contribution in [3.8, 4) is 11.4 Å². The quantitative estimate of drug-likeness (QED) is 0.894. The fourth-order valence-corrected chi connectivity index (χ4v) is 2.63. The molecule has 1 saturated heterocycles. The van der Waals surface area contributed by atoms with Crippen LogP contribution in [0.25, 0.3) is 11.4 Å². The number of aromatic nitrogens is 3. The van der Waals surface area contributed by atoms with Gasteiger partial charge in [-0.25, -0.2) is 0 Å². The minimum absolute atomic E-state index is 0.0822. The van der Waals surface area contributed by atoms with Gasteiger partial charge in [0.25, 0.3) is 0 Å². The largest absolute Gasteiger partial charge is 0.325 e. The number of piperidine rings is 1. The molecule has 1 amide bonds. The van der Waals surface area contributed by atoms with E-state index in [0.717, 1.165) is 43.0 Å². The van der Waals surface area contributed by atoms with Crippen molar-refractivity contribution < 1.29 is 4.79 Å². The van der Waals surface area contributed by atoms with Gasteiger partial charge in [-0.05, 0) is 38.1 Å². The molecule has 0 atom stereocenters. The molecular weight excluding hydrogens is 266 g/mol. The first-order valence-electron chi connectivity index (χ1n) is 7.20. The average Bonchev–Trinajstić information content (AvgIpc) is 2.95. The summed E-state index contributed by atoms with van der Waals surface area (Å²) in [6.07, 6.45) is 3.43. The average molecular weight is 285 g/mol. The summed E-state index contributed by atoms with van der Waals surface area (Å²) >= 11 is 0. The number of aryl methyl sites for hydroxylation is 1. The van der Waals surface area contributed by atoms with Crippen molar-refractivity contribution in [3.05, 3.63) is 30.6 Å². The van der Waals surface area contributed by atoms with Crippen LogP contribution in [-0.2, 0) is 11.8 Å². The maximum atomic E-state index is 12.4. The Balaban J connectivity index is 1.82. The molecule has 2 heterocycles. The second-order valence-electron chi connectivity index (χ2n) is 5.32. The summed E-state index contributed by atoms with van der Waals surface area (Å²) in [7, 11) is 1.89. The Labute approximate surface area is 123 Å². The van der Waals surface area contributed by atoms with Gasteiger partial charge < -0.3 is 15.2 Å². The second kappa shape index (κ2) is 6.05. The van der Waals surface area contributed by atoms with Gasteiger partial charge in [-0.1, -0.05) is 12.1 Å². The standard InChI is InChI=1S/C15H19N5O/c1-20-10-17-19-14(20)12-4-2-3-5-13(12)18-15(21)11-6-8-16-9-7-11/h2-5,10-11,16H,6-9H2,1H3,(H,18,21). The normalized spacial score (nSPS) is 15.9. The van der Waals surface area contributed by atoms with E-state index in [4.69, 9.17) is 0 Å². The molecule has 1 aliphatic rings. The summed E-state index contributed by atoms with van der Waals surface area (Å²) in [6, 6.07) is 7.70. The number of para-hydroxylation sites is 1. The molecule has 0 aliphatic carbocycles. The molecule has 1 fully saturated rings. The fourth-order valence-electron chi connectivity index (χ4n) is 2.63. The molecule has 6 nitrogen and oxygen atoms in total. The van der Waals surface area contributed by atoms with Gasteiger partial charge >= 0.3 is 0 Å². The number of carbonyl (C=O) groups is 1. The Bertz CT molecular complexity index is 630. The molecule has 0 saturated carbocycles. The summed E-state index contributed by atoms with van der Waals surface area (Å²) < 4.78 is 1.84. The number of rotatable bonds is 3. The Kier molecular flexibility index (Phi) is 3.96. The smallest absolute Gasteiger partial charge is 0.227 e. The summed E-state index contributed by atoms with van der Waals surface area (Å²) in [4.78, 5) is 12.4. The molecule has 110 valence electrons. The van der Waals surface area contributed by atoms with E-state index in [1.165, 1.54) is 0 Å². The molecule has 0 radical (unpaired) electrons. The van der Waals surface area contributed by atoms with Gasteiger partial charge in [-0.3, -0.25) is 4.79 Å². The van der Waals surface area contributed by atoms with E-state index in [1.54, 1.807) is 6.33 Å². The number of anilines is 1. The zero-order valence-electron chi connectivity index (χ0n) is 12.0. The highest BCUT2D eigenvalue weighted by Gasteiger charge is 2.22. The molecule has 2 aromatic rings. The molecule has 0 bridgehead atoms. The van der Waals surface area contributed by atoms with E-state index < -0.39 is 0 Å². The molecule has 1 aromatic carbocycles. The van der Waals surface area contributed by atoms with E-state index in [-0.39, 0.29) is 11.8 Å². The molecule has 2 N–H and O–H groups in total. The molecule has 1 aliphatic heterocycles. The molecule has 21 heavy (non-hydrogen) atoms. The Morgan fingerprint density at radius 3 is 2.81 bits per heavy atom. The van der Waals surface area contributed by atoms with Gasteiger partial charge in [-0.15, -0.1) is 10.2 Å². The SMILES string of the molecule is Cn1cnnc1-c1ccccc1NC(=O)C1CCNCC1. The summed E-state index contributed by atoms with van der Waals surface area (Å²) in [5.74, 6) is 0.918. The molecule has 0 unspecified atom stereocenters. The molecule has 0 spiro atoms. The zero-order valence-corrected chi connectivity index (χ0v) is 12.0. The van der Waals surface area contributed by atoms with Gasteiger partial charge in [0, 0.05) is 18.5 Å². The van der Waals surface area contributed by atoms with Crippen LogP contribution in [0.5, 0.6) is 0 Å². The third-order valence-electron chi connectivity index (χ3n) is 3.85. The van der Waals surface area contributed by atoms with E-state index >= 15 is 0 Å². The van der Waals surface area contributed by atoms with Crippen molar-refractivity contribution in [2.24, 2.45) is 13.0 Å². The lowest BCUT2D eigenvalue weighted by molar-refractivity contribution is -0.120. The third kappa shape index (κ3) is 2.95. The van der Waals surface area contributed by atoms with Gasteiger partial charge in [-0.2, -0.15) is 0 Å². The van der Waals surface area contributed by atoms with Crippen LogP contribution in [0.15, 0.2) is 30.6 Å². The number of amides is 1. The third-order valence-corrected chi connectivity index (χ3v) is 3.85. The minimum atomic E-state index is 0.0822. The summed E-state index contributed by atoms with van der Waals surface area (Å²) in [5.41, 5.74) is 1.68. The zero-order chi connectivity index (χ0) is 14.7. The first-order chi connectivity index (χ1) is 10.3. The van der Waals surface area contributed by atoms with Gasteiger partial charge in [0.2, 0.25) is 5.91 Å². The van der Waals surface area contributed by atoms with Crippen molar-refractivity contribution >= 4 is 11.6 Å². The lowest BCUT2D eigenvalue weighted by Crippen LogP contribution is -2.34. The highest BCUT2D eigenvalue weighted by atomic mass is 16.1. The van der Waals surface area contributed by atoms with E-state index in [1.807, 2.05) is 35.9 Å². The van der Waals surface area contributed by atoms with Gasteiger partial charge in [0.1, 0.15) is 6.33 Å². The molecule has 6 heteroatoms. The van der Waals surface area contributed by atoms with Crippen LogP contribution in [0.2, 0.25) is 0 Å². The first kappa shape index (κ1) is 13.8. The van der Waals surface area contributed by atoms with E-state index in [9.17, 15) is 4.79 Å². The Hall–Kier alpha value is -2.21. The number of hydrogen-bond donors (Lipinski definition) is 2. The predicted molar refractivity (Wildman–Crippen MR) is 80.7 cm³/mol. The van der Waals surface area contributed by atoms with Crippen LogP contribution in [0.3, 0.4) is 0 Å². The van der Waals surface area contributed by atoms with E-state index in [2.05, 4.69) is 20.8 Å². The van der Waals surface area contributed by atoms with Crippen LogP contribution >= 0.6 is 0 Å². The molecular formula is C15H19N5O. The summed E-state index contributed by atoms with van der Waals surface area (Å²) in [5, 5.41) is 14.3. The van der Waals surface area contributed by atoms with Crippen molar-refractivity contribution in [2.45, 2.75) is 12.8 Å². The topological polar surface area (TPSA) is 71.8 Å². The number of nitrogens with zero attached hydrogens (tertiary/aromatic N) is 3. The second-order valence-corrected chi connectivity index (χ2v) is 5.32. The van der Waals surface area contributed by atoms with Crippen LogP contribution in [0, 0.1) is 5.92 Å². The Morgan fingerprint density at radius 1 is 1.33 bits per heavy atom. The number of benzene rings is 1. The first-order valence-corrected chi connectivity index (χ1v) is 7.20.